The summed E-state index contributed by atoms with van der Waals surface area (Å²) in [6.45, 7) is 3.52. The highest BCUT2D eigenvalue weighted by atomic mass is 16.5. The third-order valence-corrected chi connectivity index (χ3v) is 3.52. The van der Waals surface area contributed by atoms with Crippen molar-refractivity contribution >= 4 is 23.6 Å². The lowest BCUT2D eigenvalue weighted by atomic mass is 10.1. The fourth-order valence-electron chi connectivity index (χ4n) is 2.20. The zero-order chi connectivity index (χ0) is 18.8. The monoisotopic (exact) mass is 343 g/mol. The van der Waals surface area contributed by atoms with Gasteiger partial charge in [0.2, 0.25) is 0 Å². The highest BCUT2D eigenvalue weighted by molar-refractivity contribution is 5.98. The fraction of sp³-hybridized carbons (Fsp3) is 0.421. The SMILES string of the molecule is CCC[C@@H](C)NC(=O)COC(=O)/C(C#N)=C/c1ccc(N(C)C)cc1. The minimum Gasteiger partial charge on any atom is -0.451 e. The van der Waals surface area contributed by atoms with Crippen LogP contribution in [0.3, 0.4) is 0 Å². The van der Waals surface area contributed by atoms with Crippen LogP contribution in [0.25, 0.3) is 6.08 Å². The maximum atomic E-state index is 12.0. The van der Waals surface area contributed by atoms with Crippen LogP contribution in [0.5, 0.6) is 0 Å². The first kappa shape index (κ1) is 20.2. The van der Waals surface area contributed by atoms with Crippen molar-refractivity contribution in [1.29, 1.82) is 5.26 Å². The Kier molecular flexibility index (Phi) is 8.21. The Morgan fingerprint density at radius 2 is 1.96 bits per heavy atom. The smallest absolute Gasteiger partial charge is 0.349 e. The minimum atomic E-state index is -0.808. The van der Waals surface area contributed by atoms with Crippen LogP contribution in [0.2, 0.25) is 0 Å². The Labute approximate surface area is 149 Å². The molecule has 1 aromatic carbocycles. The van der Waals surface area contributed by atoms with E-state index in [0.29, 0.717) is 5.56 Å². The average molecular weight is 343 g/mol. The molecule has 0 aromatic heterocycles. The van der Waals surface area contributed by atoms with Crippen molar-refractivity contribution < 1.29 is 14.3 Å². The maximum absolute atomic E-state index is 12.0. The number of hydrogen-bond donors (Lipinski definition) is 1. The molecular weight excluding hydrogens is 318 g/mol. The number of ether oxygens (including phenoxy) is 1. The third-order valence-electron chi connectivity index (χ3n) is 3.52. The van der Waals surface area contributed by atoms with Gasteiger partial charge in [-0.1, -0.05) is 25.5 Å². The zero-order valence-electron chi connectivity index (χ0n) is 15.2. The molecule has 0 radical (unpaired) electrons. The van der Waals surface area contributed by atoms with Gasteiger partial charge in [-0.25, -0.2) is 4.79 Å². The van der Waals surface area contributed by atoms with Gasteiger partial charge in [0, 0.05) is 25.8 Å². The first-order valence-corrected chi connectivity index (χ1v) is 8.23. The Hall–Kier alpha value is -2.81. The molecule has 0 saturated carbocycles. The van der Waals surface area contributed by atoms with Gasteiger partial charge in [-0.05, 0) is 37.1 Å². The molecule has 0 aliphatic heterocycles. The van der Waals surface area contributed by atoms with Crippen molar-refractivity contribution in [3.63, 3.8) is 0 Å². The molecule has 6 nitrogen and oxygen atoms in total. The van der Waals surface area contributed by atoms with Gasteiger partial charge in [0.25, 0.3) is 5.91 Å². The van der Waals surface area contributed by atoms with Crippen molar-refractivity contribution in [1.82, 2.24) is 5.32 Å². The summed E-state index contributed by atoms with van der Waals surface area (Å²) in [5.41, 5.74) is 1.57. The molecule has 6 heteroatoms. The van der Waals surface area contributed by atoms with Gasteiger partial charge in [0.05, 0.1) is 0 Å². The molecule has 1 atom stereocenters. The van der Waals surface area contributed by atoms with Crippen LogP contribution in [0.15, 0.2) is 29.8 Å². The molecule has 0 aliphatic carbocycles. The van der Waals surface area contributed by atoms with E-state index in [1.54, 1.807) is 12.1 Å². The molecule has 0 bridgehead atoms. The predicted molar refractivity (Wildman–Crippen MR) is 97.8 cm³/mol. The lowest BCUT2D eigenvalue weighted by Crippen LogP contribution is -2.35. The van der Waals surface area contributed by atoms with Crippen molar-refractivity contribution in [2.75, 3.05) is 25.6 Å². The maximum Gasteiger partial charge on any atom is 0.349 e. The number of amides is 1. The van der Waals surface area contributed by atoms with E-state index in [1.165, 1.54) is 6.08 Å². The largest absolute Gasteiger partial charge is 0.451 e. The minimum absolute atomic E-state index is 0.0254. The van der Waals surface area contributed by atoms with E-state index >= 15 is 0 Å². The van der Waals surface area contributed by atoms with E-state index < -0.39 is 12.6 Å². The third kappa shape index (κ3) is 7.08. The summed E-state index contributed by atoms with van der Waals surface area (Å²) in [5, 5.41) is 11.9. The molecular formula is C19H25N3O3. The zero-order valence-corrected chi connectivity index (χ0v) is 15.2. The van der Waals surface area contributed by atoms with Gasteiger partial charge in [0.1, 0.15) is 11.6 Å². The summed E-state index contributed by atoms with van der Waals surface area (Å²) in [6.07, 6.45) is 3.25. The highest BCUT2D eigenvalue weighted by Crippen LogP contribution is 2.15. The summed E-state index contributed by atoms with van der Waals surface area (Å²) in [4.78, 5) is 25.6. The molecule has 25 heavy (non-hydrogen) atoms. The first-order chi connectivity index (χ1) is 11.9. The Morgan fingerprint density at radius 3 is 2.48 bits per heavy atom. The number of nitrogens with one attached hydrogen (secondary N) is 1. The Balaban J connectivity index is 2.65. The van der Waals surface area contributed by atoms with Gasteiger partial charge in [-0.15, -0.1) is 0 Å². The van der Waals surface area contributed by atoms with Crippen molar-refractivity contribution in [3.8, 4) is 6.07 Å². The summed E-state index contributed by atoms with van der Waals surface area (Å²) in [5.74, 6) is -1.18. The van der Waals surface area contributed by atoms with E-state index in [1.807, 2.05) is 51.0 Å². The van der Waals surface area contributed by atoms with Gasteiger partial charge in [-0.3, -0.25) is 4.79 Å². The number of anilines is 1. The van der Waals surface area contributed by atoms with Crippen LogP contribution in [-0.4, -0.2) is 38.6 Å². The van der Waals surface area contributed by atoms with Crippen LogP contribution >= 0.6 is 0 Å². The topological polar surface area (TPSA) is 82.4 Å². The second kappa shape index (κ2) is 10.1. The van der Waals surface area contributed by atoms with Gasteiger partial charge < -0.3 is 15.0 Å². The molecule has 1 aromatic rings. The number of benzene rings is 1. The van der Waals surface area contributed by atoms with Crippen molar-refractivity contribution in [3.05, 3.63) is 35.4 Å². The molecule has 0 saturated heterocycles. The predicted octanol–water partition coefficient (Wildman–Crippen LogP) is 2.51. The molecule has 1 rings (SSSR count). The number of nitriles is 1. The van der Waals surface area contributed by atoms with Crippen LogP contribution in [0.4, 0.5) is 5.69 Å². The van der Waals surface area contributed by atoms with Crippen molar-refractivity contribution in [2.45, 2.75) is 32.7 Å². The number of rotatable bonds is 8. The Bertz CT molecular complexity index is 657. The molecule has 0 fully saturated rings. The molecule has 1 N–H and O–H groups in total. The van der Waals surface area contributed by atoms with Crippen LogP contribution in [0.1, 0.15) is 32.3 Å². The van der Waals surface area contributed by atoms with E-state index in [9.17, 15) is 9.59 Å². The van der Waals surface area contributed by atoms with Crippen molar-refractivity contribution in [2.24, 2.45) is 0 Å². The number of esters is 1. The number of hydrogen-bond acceptors (Lipinski definition) is 5. The standard InChI is InChI=1S/C19H25N3O3/c1-5-6-14(2)21-18(23)13-25-19(24)16(12-20)11-15-7-9-17(10-8-15)22(3)4/h7-11,14H,5-6,13H2,1-4H3,(H,21,23)/b16-11+/t14-/m1/s1. The number of carbonyl (C=O) groups is 2. The lowest BCUT2D eigenvalue weighted by Gasteiger charge is -2.12. The highest BCUT2D eigenvalue weighted by Gasteiger charge is 2.14. The summed E-state index contributed by atoms with van der Waals surface area (Å²) in [7, 11) is 3.85. The number of nitrogens with zero attached hydrogens (tertiary/aromatic N) is 2. The van der Waals surface area contributed by atoms with E-state index in [2.05, 4.69) is 5.32 Å². The van der Waals surface area contributed by atoms with E-state index in [-0.39, 0.29) is 17.5 Å². The molecule has 0 aliphatic rings. The van der Waals surface area contributed by atoms with Crippen LogP contribution < -0.4 is 10.2 Å². The normalized spacial score (nSPS) is 12.0. The lowest BCUT2D eigenvalue weighted by molar-refractivity contribution is -0.144. The number of carbonyl (C=O) groups excluding carboxylic acids is 2. The molecule has 0 heterocycles. The first-order valence-electron chi connectivity index (χ1n) is 8.23. The average Bonchev–Trinajstić information content (AvgIpc) is 2.58. The van der Waals surface area contributed by atoms with E-state index in [0.717, 1.165) is 18.5 Å². The van der Waals surface area contributed by atoms with E-state index in [4.69, 9.17) is 10.00 Å². The quantitative estimate of drug-likeness (QED) is 0.445. The molecule has 0 spiro atoms. The summed E-state index contributed by atoms with van der Waals surface area (Å²) in [6, 6.07) is 9.22. The molecule has 134 valence electrons. The van der Waals surface area contributed by atoms with Gasteiger partial charge in [-0.2, -0.15) is 5.26 Å². The summed E-state index contributed by atoms with van der Waals surface area (Å²) < 4.78 is 4.92. The van der Waals surface area contributed by atoms with Gasteiger partial charge in [0.15, 0.2) is 6.61 Å². The second-order valence-electron chi connectivity index (χ2n) is 5.99. The molecule has 1 amide bonds. The van der Waals surface area contributed by atoms with Gasteiger partial charge >= 0.3 is 5.97 Å². The Morgan fingerprint density at radius 1 is 1.32 bits per heavy atom. The second-order valence-corrected chi connectivity index (χ2v) is 5.99. The van der Waals surface area contributed by atoms with Crippen LogP contribution in [0, 0.1) is 11.3 Å². The summed E-state index contributed by atoms with van der Waals surface area (Å²) >= 11 is 0. The van der Waals surface area contributed by atoms with Crippen LogP contribution in [-0.2, 0) is 14.3 Å². The molecule has 0 unspecified atom stereocenters. The fourth-order valence-corrected chi connectivity index (χ4v) is 2.20.